The molecule has 0 aromatic carbocycles. The second-order valence-electron chi connectivity index (χ2n) is 4.94. The molecule has 3 aromatic rings. The molecule has 0 unspecified atom stereocenters. The van der Waals surface area contributed by atoms with Gasteiger partial charge in [-0.25, -0.2) is 4.98 Å². The largest absolute Gasteiger partial charge is 0.250 e. The number of hydrogen-bond donors (Lipinski definition) is 0. The topological polar surface area (TPSA) is 25.8 Å². The van der Waals surface area contributed by atoms with Gasteiger partial charge in [-0.2, -0.15) is 0 Å². The zero-order chi connectivity index (χ0) is 12.5. The van der Waals surface area contributed by atoms with Gasteiger partial charge in [0.15, 0.2) is 0 Å². The van der Waals surface area contributed by atoms with E-state index in [1.807, 2.05) is 11.3 Å². The Morgan fingerprint density at radius 1 is 1.33 bits per heavy atom. The first-order valence-corrected chi connectivity index (χ1v) is 7.70. The van der Waals surface area contributed by atoms with E-state index in [0.717, 1.165) is 11.4 Å². The van der Waals surface area contributed by atoms with E-state index in [2.05, 4.69) is 35.3 Å². The van der Waals surface area contributed by atoms with E-state index in [-0.39, 0.29) is 5.41 Å². The maximum atomic E-state index is 5.99. The Labute approximate surface area is 117 Å². The minimum atomic E-state index is -0.105. The highest BCUT2D eigenvalue weighted by molar-refractivity contribution is 7.29. The number of fused-ring (bicyclic) bond motifs is 5. The number of nitrogens with zero attached hydrogens (tertiary/aromatic N) is 2. The maximum Gasteiger partial charge on any atom is 0.147 e. The van der Waals surface area contributed by atoms with Gasteiger partial charge in [-0.1, -0.05) is 11.6 Å². The lowest BCUT2D eigenvalue weighted by Crippen LogP contribution is -2.16. The van der Waals surface area contributed by atoms with E-state index in [1.54, 1.807) is 17.5 Å². The Hall–Kier alpha value is -0.970. The molecule has 0 radical (unpaired) electrons. The van der Waals surface area contributed by atoms with Crippen LogP contribution in [0.25, 0.3) is 20.0 Å². The Balaban J connectivity index is 2.17. The van der Waals surface area contributed by atoms with Crippen LogP contribution in [0.3, 0.4) is 0 Å². The maximum absolute atomic E-state index is 5.99. The van der Waals surface area contributed by atoms with Crippen LogP contribution in [0.15, 0.2) is 17.6 Å². The second-order valence-corrected chi connectivity index (χ2v) is 7.29. The van der Waals surface area contributed by atoms with Crippen molar-refractivity contribution in [3.63, 3.8) is 0 Å². The lowest BCUT2D eigenvalue weighted by atomic mass is 9.86. The second kappa shape index (κ2) is 3.32. The van der Waals surface area contributed by atoms with Crippen molar-refractivity contribution in [1.82, 2.24) is 9.97 Å². The molecule has 3 heterocycles. The Kier molecular flexibility index (Phi) is 2.01. The minimum Gasteiger partial charge on any atom is -0.250 e. The molecule has 0 saturated heterocycles. The summed E-state index contributed by atoms with van der Waals surface area (Å²) in [4.78, 5) is 10.3. The van der Waals surface area contributed by atoms with E-state index in [9.17, 15) is 0 Å². The Morgan fingerprint density at radius 2 is 2.17 bits per heavy atom. The summed E-state index contributed by atoms with van der Waals surface area (Å²) in [5.74, 6) is 0. The molecule has 0 bridgehead atoms. The van der Waals surface area contributed by atoms with Crippen LogP contribution < -0.4 is 0 Å². The van der Waals surface area contributed by atoms with E-state index in [0.29, 0.717) is 5.15 Å². The molecular weight excluding hydrogens is 284 g/mol. The predicted octanol–water partition coefficient (Wildman–Crippen LogP) is 4.71. The van der Waals surface area contributed by atoms with Gasteiger partial charge in [-0.3, -0.25) is 4.98 Å². The summed E-state index contributed by atoms with van der Waals surface area (Å²) in [7, 11) is 0. The molecule has 1 aliphatic carbocycles. The molecule has 0 amide bonds. The average Bonchev–Trinajstić information content (AvgIpc) is 2.91. The van der Waals surface area contributed by atoms with Crippen LogP contribution in [0, 0.1) is 0 Å². The van der Waals surface area contributed by atoms with Crippen molar-refractivity contribution in [2.24, 2.45) is 0 Å². The van der Waals surface area contributed by atoms with Crippen molar-refractivity contribution in [2.45, 2.75) is 19.3 Å². The fourth-order valence-electron chi connectivity index (χ4n) is 2.65. The van der Waals surface area contributed by atoms with Crippen molar-refractivity contribution < 1.29 is 0 Å². The molecular formula is C13H9ClN2S2. The molecule has 0 saturated carbocycles. The molecule has 0 atom stereocenters. The SMILES string of the molecule is CC1(C)c2nc(Cl)cnc2-c2sc3ccsc3c21. The molecule has 0 aliphatic heterocycles. The lowest BCUT2D eigenvalue weighted by molar-refractivity contribution is 0.641. The van der Waals surface area contributed by atoms with Crippen LogP contribution >= 0.6 is 34.3 Å². The number of hydrogen-bond acceptors (Lipinski definition) is 4. The number of aromatic nitrogens is 2. The molecule has 5 heteroatoms. The van der Waals surface area contributed by atoms with Gasteiger partial charge in [0.2, 0.25) is 0 Å². The summed E-state index contributed by atoms with van der Waals surface area (Å²) >= 11 is 9.60. The van der Waals surface area contributed by atoms with Crippen LogP contribution in [0.2, 0.25) is 5.15 Å². The van der Waals surface area contributed by atoms with Gasteiger partial charge in [-0.15, -0.1) is 22.7 Å². The van der Waals surface area contributed by atoms with Crippen molar-refractivity contribution in [1.29, 1.82) is 0 Å². The Bertz CT molecular complexity index is 785. The average molecular weight is 293 g/mol. The standard InChI is InChI=1S/C13H9ClN2S2/c1-13(2)8-10-6(3-4-17-10)18-11(8)9-12(13)16-7(14)5-15-9/h3-5H,1-2H3. The molecule has 3 aromatic heterocycles. The fourth-order valence-corrected chi connectivity index (χ4v) is 5.46. The van der Waals surface area contributed by atoms with Crippen molar-refractivity contribution in [3.05, 3.63) is 34.1 Å². The zero-order valence-electron chi connectivity index (χ0n) is 9.82. The number of halogens is 1. The van der Waals surface area contributed by atoms with Gasteiger partial charge in [0.05, 0.1) is 16.8 Å². The summed E-state index contributed by atoms with van der Waals surface area (Å²) in [6, 6.07) is 2.18. The van der Waals surface area contributed by atoms with E-state index >= 15 is 0 Å². The third-order valence-electron chi connectivity index (χ3n) is 3.47. The summed E-state index contributed by atoms with van der Waals surface area (Å²) in [6.07, 6.45) is 1.64. The smallest absolute Gasteiger partial charge is 0.147 e. The van der Waals surface area contributed by atoms with Crippen LogP contribution in [-0.4, -0.2) is 9.97 Å². The quantitative estimate of drug-likeness (QED) is 0.599. The van der Waals surface area contributed by atoms with Crippen LogP contribution in [-0.2, 0) is 5.41 Å². The summed E-state index contributed by atoms with van der Waals surface area (Å²) in [5.41, 5.74) is 3.28. The van der Waals surface area contributed by atoms with Crippen LogP contribution in [0.4, 0.5) is 0 Å². The van der Waals surface area contributed by atoms with Crippen molar-refractivity contribution in [2.75, 3.05) is 0 Å². The summed E-state index contributed by atoms with van der Waals surface area (Å²) < 4.78 is 2.72. The molecule has 4 rings (SSSR count). The number of rotatable bonds is 0. The molecule has 1 aliphatic rings. The van der Waals surface area contributed by atoms with Gasteiger partial charge >= 0.3 is 0 Å². The molecule has 0 spiro atoms. The summed E-state index contributed by atoms with van der Waals surface area (Å²) in [5, 5.41) is 2.62. The molecule has 90 valence electrons. The van der Waals surface area contributed by atoms with Crippen molar-refractivity contribution >= 4 is 43.7 Å². The predicted molar refractivity (Wildman–Crippen MR) is 77.9 cm³/mol. The first-order valence-electron chi connectivity index (χ1n) is 5.63. The fraction of sp³-hybridized carbons (Fsp3) is 0.231. The molecule has 2 nitrogen and oxygen atoms in total. The molecule has 18 heavy (non-hydrogen) atoms. The van der Waals surface area contributed by atoms with Crippen molar-refractivity contribution in [3.8, 4) is 10.6 Å². The third kappa shape index (κ3) is 1.18. The molecule has 0 fully saturated rings. The minimum absolute atomic E-state index is 0.105. The van der Waals surface area contributed by atoms with Crippen LogP contribution in [0.1, 0.15) is 25.1 Å². The monoisotopic (exact) mass is 292 g/mol. The van der Waals surface area contributed by atoms with Gasteiger partial charge in [0, 0.05) is 20.4 Å². The van der Waals surface area contributed by atoms with E-state index in [4.69, 9.17) is 11.6 Å². The van der Waals surface area contributed by atoms with Gasteiger partial charge in [0.25, 0.3) is 0 Å². The third-order valence-corrected chi connectivity index (χ3v) is 5.88. The lowest BCUT2D eigenvalue weighted by Gasteiger charge is -2.18. The highest BCUT2D eigenvalue weighted by atomic mass is 35.5. The van der Waals surface area contributed by atoms with E-state index in [1.165, 1.54) is 19.8 Å². The van der Waals surface area contributed by atoms with Gasteiger partial charge in [0.1, 0.15) is 10.8 Å². The highest BCUT2D eigenvalue weighted by Gasteiger charge is 2.41. The van der Waals surface area contributed by atoms with Crippen LogP contribution in [0.5, 0.6) is 0 Å². The first kappa shape index (κ1) is 10.9. The Morgan fingerprint density at radius 3 is 3.00 bits per heavy atom. The number of thiophene rings is 2. The normalized spacial score (nSPS) is 15.9. The molecule has 0 N–H and O–H groups in total. The summed E-state index contributed by atoms with van der Waals surface area (Å²) in [6.45, 7) is 4.41. The first-order chi connectivity index (χ1) is 8.59. The highest BCUT2D eigenvalue weighted by Crippen LogP contribution is 2.55. The van der Waals surface area contributed by atoms with E-state index < -0.39 is 0 Å². The van der Waals surface area contributed by atoms with Gasteiger partial charge < -0.3 is 0 Å². The zero-order valence-corrected chi connectivity index (χ0v) is 12.2. The van der Waals surface area contributed by atoms with Gasteiger partial charge in [-0.05, 0) is 25.3 Å².